The summed E-state index contributed by atoms with van der Waals surface area (Å²) in [6.07, 6.45) is 2.03. The predicted molar refractivity (Wildman–Crippen MR) is 91.6 cm³/mol. The van der Waals surface area contributed by atoms with Crippen molar-refractivity contribution in [2.45, 2.75) is 45.5 Å². The molecule has 2 aromatic rings. The minimum absolute atomic E-state index is 0.166. The monoisotopic (exact) mass is 330 g/mol. The fourth-order valence-electron chi connectivity index (χ4n) is 3.34. The number of aromatic nitrogens is 3. The number of hydrogen-bond donors (Lipinski definition) is 1. The van der Waals surface area contributed by atoms with Crippen LogP contribution in [0.2, 0.25) is 0 Å². The molecule has 0 aliphatic carbocycles. The summed E-state index contributed by atoms with van der Waals surface area (Å²) in [6, 6.07) is 8.25. The van der Waals surface area contributed by atoms with Gasteiger partial charge >= 0.3 is 0 Å². The summed E-state index contributed by atoms with van der Waals surface area (Å²) in [5, 5.41) is 14.5. The molecule has 2 atom stereocenters. The van der Waals surface area contributed by atoms with Gasteiger partial charge in [-0.1, -0.05) is 26.0 Å². The fourth-order valence-corrected chi connectivity index (χ4v) is 3.34. The molecule has 6 heteroatoms. The summed E-state index contributed by atoms with van der Waals surface area (Å²) >= 11 is 0. The van der Waals surface area contributed by atoms with Crippen molar-refractivity contribution in [3.8, 4) is 5.75 Å². The van der Waals surface area contributed by atoms with Gasteiger partial charge in [0.2, 0.25) is 0 Å². The summed E-state index contributed by atoms with van der Waals surface area (Å²) in [6.45, 7) is 6.53. The van der Waals surface area contributed by atoms with E-state index in [1.54, 1.807) is 13.4 Å². The van der Waals surface area contributed by atoms with Gasteiger partial charge in [0, 0.05) is 19.1 Å². The largest absolute Gasteiger partial charge is 0.497 e. The number of methoxy groups -OCH3 is 1. The number of hydrogen-bond acceptors (Lipinski definition) is 5. The Morgan fingerprint density at radius 3 is 2.96 bits per heavy atom. The Hall–Kier alpha value is -1.92. The first-order valence-electron chi connectivity index (χ1n) is 8.49. The van der Waals surface area contributed by atoms with Gasteiger partial charge in [-0.2, -0.15) is 5.10 Å². The zero-order valence-corrected chi connectivity index (χ0v) is 14.6. The third kappa shape index (κ3) is 3.76. The highest BCUT2D eigenvalue weighted by atomic mass is 16.5. The van der Waals surface area contributed by atoms with Crippen molar-refractivity contribution in [1.29, 1.82) is 0 Å². The molecule has 0 bridgehead atoms. The van der Waals surface area contributed by atoms with Gasteiger partial charge in [0.25, 0.3) is 0 Å². The lowest BCUT2D eigenvalue weighted by atomic mass is 10.0. The third-order valence-corrected chi connectivity index (χ3v) is 4.44. The third-order valence-electron chi connectivity index (χ3n) is 4.44. The van der Waals surface area contributed by atoms with E-state index in [4.69, 9.17) is 4.74 Å². The van der Waals surface area contributed by atoms with Gasteiger partial charge in [0.15, 0.2) is 0 Å². The normalized spacial score (nSPS) is 21.5. The van der Waals surface area contributed by atoms with Crippen molar-refractivity contribution in [2.24, 2.45) is 5.92 Å². The van der Waals surface area contributed by atoms with E-state index in [1.807, 2.05) is 16.8 Å². The van der Waals surface area contributed by atoms with Crippen LogP contribution in [-0.2, 0) is 13.1 Å². The van der Waals surface area contributed by atoms with E-state index in [0.29, 0.717) is 19.0 Å². The van der Waals surface area contributed by atoms with Crippen molar-refractivity contribution in [3.63, 3.8) is 0 Å². The average molecular weight is 330 g/mol. The molecule has 130 valence electrons. The molecule has 0 radical (unpaired) electrons. The second-order valence-electron chi connectivity index (χ2n) is 6.86. The van der Waals surface area contributed by atoms with Gasteiger partial charge < -0.3 is 9.84 Å². The van der Waals surface area contributed by atoms with Crippen molar-refractivity contribution in [2.75, 3.05) is 13.7 Å². The van der Waals surface area contributed by atoms with Crippen LogP contribution in [0.3, 0.4) is 0 Å². The molecule has 1 aromatic carbocycles. The summed E-state index contributed by atoms with van der Waals surface area (Å²) in [4.78, 5) is 6.70. The molecule has 6 nitrogen and oxygen atoms in total. The van der Waals surface area contributed by atoms with Gasteiger partial charge in [-0.3, -0.25) is 4.90 Å². The lowest BCUT2D eigenvalue weighted by Crippen LogP contribution is -2.26. The summed E-state index contributed by atoms with van der Waals surface area (Å²) in [7, 11) is 1.68. The molecule has 0 spiro atoms. The zero-order chi connectivity index (χ0) is 17.1. The maximum absolute atomic E-state index is 10.2. The van der Waals surface area contributed by atoms with Gasteiger partial charge in [0.05, 0.1) is 19.8 Å². The van der Waals surface area contributed by atoms with Crippen LogP contribution in [0.1, 0.15) is 37.7 Å². The van der Waals surface area contributed by atoms with Crippen molar-refractivity contribution >= 4 is 0 Å². The number of likely N-dealkylation sites (tertiary alicyclic amines) is 1. The topological polar surface area (TPSA) is 63.4 Å². The highest BCUT2D eigenvalue weighted by Crippen LogP contribution is 2.34. The Labute approximate surface area is 143 Å². The molecule has 0 saturated carbocycles. The molecule has 2 unspecified atom stereocenters. The van der Waals surface area contributed by atoms with Gasteiger partial charge in [-0.15, -0.1) is 0 Å². The maximum atomic E-state index is 10.2. The molecular formula is C18H26N4O2. The molecular weight excluding hydrogens is 304 g/mol. The number of rotatable bonds is 6. The van der Waals surface area contributed by atoms with E-state index in [0.717, 1.165) is 24.5 Å². The molecule has 0 amide bonds. The van der Waals surface area contributed by atoms with Crippen LogP contribution in [0.15, 0.2) is 30.6 Å². The Morgan fingerprint density at radius 1 is 1.38 bits per heavy atom. The number of ether oxygens (including phenoxy) is 1. The standard InChI is InChI=1S/C18H26N4O2/c1-13(2)9-22-18(19-12-20-22)11-21-10-15(23)8-17(21)14-5-4-6-16(7-14)24-3/h4-7,12-13,15,17,23H,8-11H2,1-3H3. The molecule has 2 heterocycles. The predicted octanol–water partition coefficient (Wildman–Crippen LogP) is 2.25. The smallest absolute Gasteiger partial charge is 0.141 e. The SMILES string of the molecule is COc1cccc(C2CC(O)CN2Cc2ncnn2CC(C)C)c1. The second kappa shape index (κ2) is 7.32. The Bertz CT molecular complexity index is 671. The molecule has 1 N–H and O–H groups in total. The lowest BCUT2D eigenvalue weighted by molar-refractivity contribution is 0.170. The fraction of sp³-hybridized carbons (Fsp3) is 0.556. The summed E-state index contributed by atoms with van der Waals surface area (Å²) in [5.41, 5.74) is 1.17. The molecule has 1 aliphatic rings. The minimum Gasteiger partial charge on any atom is -0.497 e. The molecule has 3 rings (SSSR count). The van der Waals surface area contributed by atoms with E-state index >= 15 is 0 Å². The molecule has 1 fully saturated rings. The van der Waals surface area contributed by atoms with Gasteiger partial charge in [0.1, 0.15) is 17.9 Å². The number of β-amino-alcohol motifs (C(OH)–C–C–N with tert-alkyl or cyclic N) is 1. The van der Waals surface area contributed by atoms with Crippen LogP contribution in [0.4, 0.5) is 0 Å². The zero-order valence-electron chi connectivity index (χ0n) is 14.6. The van der Waals surface area contributed by atoms with Crippen molar-refractivity contribution in [1.82, 2.24) is 19.7 Å². The van der Waals surface area contributed by atoms with Crippen LogP contribution in [0.25, 0.3) is 0 Å². The average Bonchev–Trinajstić information content (AvgIpc) is 3.14. The van der Waals surface area contributed by atoms with Crippen LogP contribution in [-0.4, -0.2) is 44.5 Å². The van der Waals surface area contributed by atoms with E-state index in [1.165, 1.54) is 5.56 Å². The first kappa shape index (κ1) is 16.9. The Morgan fingerprint density at radius 2 is 2.21 bits per heavy atom. The van der Waals surface area contributed by atoms with Gasteiger partial charge in [-0.25, -0.2) is 9.67 Å². The number of nitrogens with zero attached hydrogens (tertiary/aromatic N) is 4. The van der Waals surface area contributed by atoms with Crippen LogP contribution < -0.4 is 4.74 Å². The number of benzene rings is 1. The second-order valence-corrected chi connectivity index (χ2v) is 6.86. The first-order chi connectivity index (χ1) is 11.6. The molecule has 1 aliphatic heterocycles. The quantitative estimate of drug-likeness (QED) is 0.880. The lowest BCUT2D eigenvalue weighted by Gasteiger charge is -2.24. The van der Waals surface area contributed by atoms with Crippen LogP contribution in [0, 0.1) is 5.92 Å². The van der Waals surface area contributed by atoms with Crippen LogP contribution in [0.5, 0.6) is 5.75 Å². The van der Waals surface area contributed by atoms with Crippen molar-refractivity contribution < 1.29 is 9.84 Å². The Kier molecular flexibility index (Phi) is 5.16. The highest BCUT2D eigenvalue weighted by molar-refractivity contribution is 5.31. The van der Waals surface area contributed by atoms with E-state index in [-0.39, 0.29) is 12.1 Å². The summed E-state index contributed by atoms with van der Waals surface area (Å²) in [5.74, 6) is 2.31. The number of aliphatic hydroxyl groups excluding tert-OH is 1. The summed E-state index contributed by atoms with van der Waals surface area (Å²) < 4.78 is 7.31. The van der Waals surface area contributed by atoms with E-state index in [9.17, 15) is 5.11 Å². The van der Waals surface area contributed by atoms with E-state index < -0.39 is 0 Å². The molecule has 1 saturated heterocycles. The minimum atomic E-state index is -0.317. The molecule has 1 aromatic heterocycles. The highest BCUT2D eigenvalue weighted by Gasteiger charge is 2.33. The van der Waals surface area contributed by atoms with Crippen molar-refractivity contribution in [3.05, 3.63) is 42.0 Å². The van der Waals surface area contributed by atoms with E-state index in [2.05, 4.69) is 41.0 Å². The first-order valence-corrected chi connectivity index (χ1v) is 8.49. The van der Waals surface area contributed by atoms with Gasteiger partial charge in [-0.05, 0) is 30.0 Å². The number of aliphatic hydroxyl groups is 1. The molecule has 24 heavy (non-hydrogen) atoms. The maximum Gasteiger partial charge on any atom is 0.141 e. The van der Waals surface area contributed by atoms with Crippen LogP contribution >= 0.6 is 0 Å². The Balaban J connectivity index is 1.79.